The first kappa shape index (κ1) is 12.7. The lowest BCUT2D eigenvalue weighted by Gasteiger charge is -2.23. The molecule has 1 saturated carbocycles. The van der Waals surface area contributed by atoms with Crippen LogP contribution in [-0.2, 0) is 6.54 Å². The van der Waals surface area contributed by atoms with Crippen molar-refractivity contribution in [3.8, 4) is 0 Å². The van der Waals surface area contributed by atoms with Crippen LogP contribution >= 0.6 is 0 Å². The fourth-order valence-electron chi connectivity index (χ4n) is 1.95. The molecular weight excluding hydrogens is 226 g/mol. The van der Waals surface area contributed by atoms with Crippen LogP contribution in [0, 0.1) is 0 Å². The largest absolute Gasteiger partial charge is 0.398 e. The lowest BCUT2D eigenvalue weighted by Crippen LogP contribution is -2.41. The molecule has 2 amide bonds. The second kappa shape index (κ2) is 5.76. The smallest absolute Gasteiger partial charge is 0.317 e. The molecule has 0 aliphatic heterocycles. The van der Waals surface area contributed by atoms with Crippen molar-refractivity contribution in [3.05, 3.63) is 29.8 Å². The minimum absolute atomic E-state index is 0.0302. The first-order valence-electron chi connectivity index (χ1n) is 6.60. The highest BCUT2D eigenvalue weighted by Gasteiger charge is 2.32. The molecule has 0 heterocycles. The van der Waals surface area contributed by atoms with E-state index in [0.29, 0.717) is 12.6 Å². The van der Waals surface area contributed by atoms with E-state index in [4.69, 9.17) is 5.73 Å². The zero-order chi connectivity index (χ0) is 13.0. The van der Waals surface area contributed by atoms with Crippen LogP contribution in [0.1, 0.15) is 31.7 Å². The highest BCUT2D eigenvalue weighted by molar-refractivity contribution is 5.75. The van der Waals surface area contributed by atoms with Crippen LogP contribution in [-0.4, -0.2) is 23.5 Å². The van der Waals surface area contributed by atoms with E-state index in [2.05, 4.69) is 12.2 Å². The second-order valence-electron chi connectivity index (χ2n) is 4.79. The number of carbonyl (C=O) groups is 1. The van der Waals surface area contributed by atoms with Crippen LogP contribution in [0.25, 0.3) is 0 Å². The van der Waals surface area contributed by atoms with Crippen LogP contribution in [0.3, 0.4) is 0 Å². The van der Waals surface area contributed by atoms with Crippen LogP contribution in [0.4, 0.5) is 10.5 Å². The summed E-state index contributed by atoms with van der Waals surface area (Å²) in [5.41, 5.74) is 7.71. The first-order valence-corrected chi connectivity index (χ1v) is 6.60. The Morgan fingerprint density at radius 2 is 2.17 bits per heavy atom. The lowest BCUT2D eigenvalue weighted by atomic mass is 10.1. The average Bonchev–Trinajstić information content (AvgIpc) is 3.19. The van der Waals surface area contributed by atoms with Crippen molar-refractivity contribution < 1.29 is 4.79 Å². The van der Waals surface area contributed by atoms with Gasteiger partial charge in [-0.2, -0.15) is 0 Å². The maximum Gasteiger partial charge on any atom is 0.317 e. The van der Waals surface area contributed by atoms with Gasteiger partial charge in [-0.25, -0.2) is 4.79 Å². The number of nitrogens with zero attached hydrogens (tertiary/aromatic N) is 1. The van der Waals surface area contributed by atoms with Crippen LogP contribution < -0.4 is 11.1 Å². The number of nitrogens with two attached hydrogens (primary N) is 1. The predicted molar refractivity (Wildman–Crippen MR) is 73.1 cm³/mol. The van der Waals surface area contributed by atoms with E-state index in [1.807, 2.05) is 29.2 Å². The summed E-state index contributed by atoms with van der Waals surface area (Å²) in [4.78, 5) is 14.0. The minimum atomic E-state index is 0.0302. The molecule has 1 aliphatic rings. The van der Waals surface area contributed by atoms with Crippen molar-refractivity contribution in [1.82, 2.24) is 10.2 Å². The third-order valence-electron chi connectivity index (χ3n) is 3.17. The zero-order valence-corrected chi connectivity index (χ0v) is 10.9. The molecule has 98 valence electrons. The molecule has 4 heteroatoms. The number of amides is 2. The molecule has 0 aromatic heterocycles. The molecular formula is C14H21N3O. The Morgan fingerprint density at radius 3 is 2.78 bits per heavy atom. The summed E-state index contributed by atoms with van der Waals surface area (Å²) < 4.78 is 0. The van der Waals surface area contributed by atoms with Crippen LogP contribution in [0.15, 0.2) is 24.3 Å². The van der Waals surface area contributed by atoms with E-state index in [1.165, 1.54) is 0 Å². The predicted octanol–water partition coefficient (Wildman–Crippen LogP) is 2.35. The minimum Gasteiger partial charge on any atom is -0.398 e. The molecule has 1 aromatic rings. The molecule has 4 nitrogen and oxygen atoms in total. The Morgan fingerprint density at radius 1 is 1.44 bits per heavy atom. The van der Waals surface area contributed by atoms with Crippen molar-refractivity contribution >= 4 is 11.7 Å². The van der Waals surface area contributed by atoms with Gasteiger partial charge in [0, 0.05) is 24.8 Å². The van der Waals surface area contributed by atoms with Gasteiger partial charge >= 0.3 is 6.03 Å². The summed E-state index contributed by atoms with van der Waals surface area (Å²) in [5.74, 6) is 0. The molecule has 0 spiro atoms. The Kier molecular flexibility index (Phi) is 4.07. The number of anilines is 1. The molecule has 1 aromatic carbocycles. The van der Waals surface area contributed by atoms with E-state index < -0.39 is 0 Å². The Hall–Kier alpha value is -1.71. The number of nitrogen functional groups attached to an aromatic ring is 1. The maximum absolute atomic E-state index is 12.1. The zero-order valence-electron chi connectivity index (χ0n) is 10.9. The summed E-state index contributed by atoms with van der Waals surface area (Å²) in [5, 5.41) is 2.94. The number of carbonyl (C=O) groups excluding carboxylic acids is 1. The summed E-state index contributed by atoms with van der Waals surface area (Å²) in [6.45, 7) is 3.39. The molecule has 1 fully saturated rings. The monoisotopic (exact) mass is 247 g/mol. The van der Waals surface area contributed by atoms with E-state index in [1.54, 1.807) is 0 Å². The quantitative estimate of drug-likeness (QED) is 0.785. The summed E-state index contributed by atoms with van der Waals surface area (Å²) in [6, 6.07) is 8.16. The van der Waals surface area contributed by atoms with Crippen molar-refractivity contribution in [3.63, 3.8) is 0 Å². The van der Waals surface area contributed by atoms with Crippen molar-refractivity contribution in [2.45, 2.75) is 38.8 Å². The molecule has 0 radical (unpaired) electrons. The van der Waals surface area contributed by atoms with Gasteiger partial charge in [-0.15, -0.1) is 0 Å². The van der Waals surface area contributed by atoms with Gasteiger partial charge in [0.1, 0.15) is 0 Å². The van der Waals surface area contributed by atoms with Crippen LogP contribution in [0.5, 0.6) is 0 Å². The van der Waals surface area contributed by atoms with Crippen molar-refractivity contribution in [2.24, 2.45) is 0 Å². The van der Waals surface area contributed by atoms with Crippen molar-refractivity contribution in [2.75, 3.05) is 12.3 Å². The van der Waals surface area contributed by atoms with E-state index in [0.717, 1.165) is 37.1 Å². The summed E-state index contributed by atoms with van der Waals surface area (Å²) in [7, 11) is 0. The van der Waals surface area contributed by atoms with Gasteiger partial charge in [0.25, 0.3) is 0 Å². The summed E-state index contributed by atoms with van der Waals surface area (Å²) >= 11 is 0. The van der Waals surface area contributed by atoms with Gasteiger partial charge in [-0.05, 0) is 30.9 Å². The van der Waals surface area contributed by atoms with Gasteiger partial charge in [0.05, 0.1) is 0 Å². The Labute approximate surface area is 108 Å². The third-order valence-corrected chi connectivity index (χ3v) is 3.17. The van der Waals surface area contributed by atoms with Crippen LogP contribution in [0.2, 0.25) is 0 Å². The molecule has 0 atom stereocenters. The SMILES string of the molecule is CCCNC(=O)N(Cc1ccccc1N)C1CC1. The maximum atomic E-state index is 12.1. The number of rotatable bonds is 5. The number of benzene rings is 1. The summed E-state index contributed by atoms with van der Waals surface area (Å²) in [6.07, 6.45) is 3.16. The molecule has 2 rings (SSSR count). The first-order chi connectivity index (χ1) is 8.72. The topological polar surface area (TPSA) is 58.4 Å². The number of hydrogen-bond donors (Lipinski definition) is 2. The normalized spacial score (nSPS) is 14.3. The average molecular weight is 247 g/mol. The number of nitrogens with one attached hydrogen (secondary N) is 1. The molecule has 0 bridgehead atoms. The molecule has 0 unspecified atom stereocenters. The van der Waals surface area contributed by atoms with Gasteiger partial charge < -0.3 is 16.0 Å². The van der Waals surface area contributed by atoms with E-state index in [-0.39, 0.29) is 6.03 Å². The Balaban J connectivity index is 2.02. The number of hydrogen-bond acceptors (Lipinski definition) is 2. The third kappa shape index (κ3) is 3.15. The van der Waals surface area contributed by atoms with Gasteiger partial charge in [-0.1, -0.05) is 25.1 Å². The molecule has 18 heavy (non-hydrogen) atoms. The molecule has 1 aliphatic carbocycles. The molecule has 3 N–H and O–H groups in total. The standard InChI is InChI=1S/C14H21N3O/c1-2-9-16-14(18)17(12-7-8-12)10-11-5-3-4-6-13(11)15/h3-6,12H,2,7-10,15H2,1H3,(H,16,18). The second-order valence-corrected chi connectivity index (χ2v) is 4.79. The fourth-order valence-corrected chi connectivity index (χ4v) is 1.95. The van der Waals surface area contributed by atoms with E-state index >= 15 is 0 Å². The molecule has 0 saturated heterocycles. The highest BCUT2D eigenvalue weighted by atomic mass is 16.2. The van der Waals surface area contributed by atoms with Gasteiger partial charge in [0.15, 0.2) is 0 Å². The fraction of sp³-hybridized carbons (Fsp3) is 0.500. The van der Waals surface area contributed by atoms with Crippen molar-refractivity contribution in [1.29, 1.82) is 0 Å². The van der Waals surface area contributed by atoms with Gasteiger partial charge in [-0.3, -0.25) is 0 Å². The number of urea groups is 1. The number of para-hydroxylation sites is 1. The lowest BCUT2D eigenvalue weighted by molar-refractivity contribution is 0.192. The Bertz CT molecular complexity index is 415. The van der Waals surface area contributed by atoms with E-state index in [9.17, 15) is 4.79 Å². The highest BCUT2D eigenvalue weighted by Crippen LogP contribution is 2.29. The van der Waals surface area contributed by atoms with Gasteiger partial charge in [0.2, 0.25) is 0 Å².